The third-order valence-corrected chi connectivity index (χ3v) is 7.81. The molecule has 0 unspecified atom stereocenters. The number of nitrogens with one attached hydrogen (secondary N) is 3. The van der Waals surface area contributed by atoms with Crippen LogP contribution < -0.4 is 20.7 Å². The maximum atomic E-state index is 13.4. The molecule has 2 aliphatic rings. The molecule has 1 atom stereocenters. The summed E-state index contributed by atoms with van der Waals surface area (Å²) in [6, 6.07) is 1.24. The van der Waals surface area contributed by atoms with Crippen LogP contribution in [0.3, 0.4) is 0 Å². The molecule has 1 fully saturated rings. The Morgan fingerprint density at radius 2 is 2.02 bits per heavy atom. The maximum absolute atomic E-state index is 13.4. The van der Waals surface area contributed by atoms with Crippen molar-refractivity contribution in [2.24, 2.45) is 13.0 Å². The lowest BCUT2D eigenvalue weighted by Crippen LogP contribution is -2.30. The summed E-state index contributed by atoms with van der Waals surface area (Å²) in [4.78, 5) is 27.0. The number of halogens is 2. The monoisotopic (exact) mass is 578 g/mol. The van der Waals surface area contributed by atoms with Crippen LogP contribution in [0.5, 0.6) is 5.88 Å². The minimum absolute atomic E-state index is 0.103. The van der Waals surface area contributed by atoms with E-state index in [-0.39, 0.29) is 17.8 Å². The molecule has 15 heteroatoms. The standard InChI is InChI=1S/C25H32F2N8O4S/c1-25(2,3)39-24(37)31-21-19(20(36)28-11-13-5-6-13)15-9-14(7-8-16(15)40-21)35-12-29-32-23(35)30-17-10-18(33-34(17)4)38-22(26)27/h10,12-14,22H,5-9,11H2,1-4H3,(H,28,36)(H,30,32)(H,31,37)/t14-/m0/s1. The van der Waals surface area contributed by atoms with Crippen LogP contribution in [0.25, 0.3) is 0 Å². The summed E-state index contributed by atoms with van der Waals surface area (Å²) in [6.45, 7) is 2.95. The van der Waals surface area contributed by atoms with Crippen molar-refractivity contribution in [1.29, 1.82) is 0 Å². The molecule has 2 amide bonds. The molecule has 0 aliphatic heterocycles. The highest BCUT2D eigenvalue weighted by Crippen LogP contribution is 2.42. The fourth-order valence-corrected chi connectivity index (χ4v) is 5.82. The summed E-state index contributed by atoms with van der Waals surface area (Å²) in [7, 11) is 1.59. The van der Waals surface area contributed by atoms with E-state index in [0.717, 1.165) is 29.7 Å². The normalized spacial score (nSPS) is 16.9. The van der Waals surface area contributed by atoms with Crippen molar-refractivity contribution in [3.05, 3.63) is 28.4 Å². The zero-order valence-corrected chi connectivity index (χ0v) is 23.5. The minimum atomic E-state index is -2.99. The number of carbonyl (C=O) groups is 2. The number of fused-ring (bicyclic) bond motifs is 1. The number of hydrogen-bond donors (Lipinski definition) is 3. The first-order valence-corrected chi connectivity index (χ1v) is 13.9. The van der Waals surface area contributed by atoms with Gasteiger partial charge in [0.1, 0.15) is 22.7 Å². The first kappa shape index (κ1) is 27.8. The molecular formula is C25H32F2N8O4S. The van der Waals surface area contributed by atoms with Gasteiger partial charge in [0.25, 0.3) is 5.91 Å². The highest BCUT2D eigenvalue weighted by Gasteiger charge is 2.33. The van der Waals surface area contributed by atoms with Gasteiger partial charge >= 0.3 is 12.7 Å². The number of nitrogens with zero attached hydrogens (tertiary/aromatic N) is 5. The number of alkyl halides is 2. The third-order valence-electron chi connectivity index (χ3n) is 6.60. The average molecular weight is 579 g/mol. The number of thiophene rings is 1. The van der Waals surface area contributed by atoms with Gasteiger partial charge < -0.3 is 20.1 Å². The highest BCUT2D eigenvalue weighted by atomic mass is 32.1. The quantitative estimate of drug-likeness (QED) is 0.334. The Balaban J connectivity index is 1.38. The van der Waals surface area contributed by atoms with E-state index in [1.807, 2.05) is 4.57 Å². The van der Waals surface area contributed by atoms with E-state index >= 15 is 0 Å². The summed E-state index contributed by atoms with van der Waals surface area (Å²) in [5.41, 5.74) is 0.644. The molecule has 2 aliphatic carbocycles. The van der Waals surface area contributed by atoms with E-state index in [4.69, 9.17) is 4.74 Å². The molecule has 1 saturated carbocycles. The maximum Gasteiger partial charge on any atom is 0.412 e. The lowest BCUT2D eigenvalue weighted by molar-refractivity contribution is -0.0531. The number of anilines is 3. The van der Waals surface area contributed by atoms with Crippen molar-refractivity contribution in [2.75, 3.05) is 17.2 Å². The van der Waals surface area contributed by atoms with E-state index < -0.39 is 18.3 Å². The summed E-state index contributed by atoms with van der Waals surface area (Å²) >= 11 is 1.39. The number of amides is 2. The lowest BCUT2D eigenvalue weighted by Gasteiger charge is -2.25. The first-order chi connectivity index (χ1) is 19.0. The van der Waals surface area contributed by atoms with Gasteiger partial charge in [-0.15, -0.1) is 26.6 Å². The number of aryl methyl sites for hydroxylation is 2. The van der Waals surface area contributed by atoms with E-state index in [1.54, 1.807) is 34.1 Å². The van der Waals surface area contributed by atoms with E-state index in [9.17, 15) is 18.4 Å². The smallest absolute Gasteiger partial charge is 0.412 e. The highest BCUT2D eigenvalue weighted by molar-refractivity contribution is 7.17. The topological polar surface area (TPSA) is 137 Å². The average Bonchev–Trinajstić information content (AvgIpc) is 3.30. The molecule has 216 valence electrons. The largest absolute Gasteiger partial charge is 0.444 e. The van der Waals surface area contributed by atoms with Crippen molar-refractivity contribution >= 4 is 40.1 Å². The van der Waals surface area contributed by atoms with Crippen LogP contribution in [0.1, 0.15) is 66.9 Å². The van der Waals surface area contributed by atoms with Crippen LogP contribution in [-0.2, 0) is 24.6 Å². The van der Waals surface area contributed by atoms with Gasteiger partial charge in [0.05, 0.1) is 5.56 Å². The van der Waals surface area contributed by atoms with Gasteiger partial charge in [0.15, 0.2) is 0 Å². The van der Waals surface area contributed by atoms with Crippen LogP contribution in [0.2, 0.25) is 0 Å². The number of hydrogen-bond acceptors (Lipinski definition) is 9. The van der Waals surface area contributed by atoms with Gasteiger partial charge in [-0.2, -0.15) is 8.78 Å². The SMILES string of the molecule is Cn1nc(OC(F)F)cc1Nc1nncn1[C@H]1CCc2sc(NC(=O)OC(C)(C)C)c(C(=O)NCC3CC3)c2C1. The summed E-state index contributed by atoms with van der Waals surface area (Å²) in [5, 5.41) is 21.5. The number of carbonyl (C=O) groups excluding carboxylic acids is 2. The zero-order chi connectivity index (χ0) is 28.6. The predicted octanol–water partition coefficient (Wildman–Crippen LogP) is 4.63. The molecule has 0 saturated heterocycles. The molecule has 0 radical (unpaired) electrons. The van der Waals surface area contributed by atoms with Crippen LogP contribution in [0.4, 0.5) is 30.3 Å². The summed E-state index contributed by atoms with van der Waals surface area (Å²) in [6.07, 6.45) is 5.09. The van der Waals surface area contributed by atoms with E-state index in [2.05, 4.69) is 36.0 Å². The van der Waals surface area contributed by atoms with Gasteiger partial charge in [-0.05, 0) is 64.4 Å². The van der Waals surface area contributed by atoms with E-state index in [1.165, 1.54) is 22.1 Å². The summed E-state index contributed by atoms with van der Waals surface area (Å²) in [5.74, 6) is 0.832. The Labute approximate surface area is 233 Å². The van der Waals surface area contributed by atoms with Gasteiger partial charge in [-0.1, -0.05) is 0 Å². The molecular weight excluding hydrogens is 546 g/mol. The Hall–Kier alpha value is -3.75. The van der Waals surface area contributed by atoms with Crippen molar-refractivity contribution in [3.63, 3.8) is 0 Å². The fourth-order valence-electron chi connectivity index (χ4n) is 4.60. The number of ether oxygens (including phenoxy) is 2. The van der Waals surface area contributed by atoms with Crippen molar-refractivity contribution in [2.45, 2.75) is 71.1 Å². The molecule has 12 nitrogen and oxygen atoms in total. The van der Waals surface area contributed by atoms with Gasteiger partial charge in [0.2, 0.25) is 11.8 Å². The van der Waals surface area contributed by atoms with Gasteiger partial charge in [-0.25, -0.2) is 9.48 Å². The van der Waals surface area contributed by atoms with Crippen molar-refractivity contribution in [3.8, 4) is 5.88 Å². The van der Waals surface area contributed by atoms with Crippen molar-refractivity contribution in [1.82, 2.24) is 29.9 Å². The Bertz CT molecular complexity index is 1390. The molecule has 0 aromatic carbocycles. The Morgan fingerprint density at radius 1 is 1.25 bits per heavy atom. The lowest BCUT2D eigenvalue weighted by atomic mass is 9.91. The molecule has 3 N–H and O–H groups in total. The minimum Gasteiger partial charge on any atom is -0.444 e. The molecule has 40 heavy (non-hydrogen) atoms. The first-order valence-electron chi connectivity index (χ1n) is 13.0. The van der Waals surface area contributed by atoms with Crippen molar-refractivity contribution < 1.29 is 27.8 Å². The van der Waals surface area contributed by atoms with Crippen LogP contribution >= 0.6 is 11.3 Å². The van der Waals surface area contributed by atoms with Crippen LogP contribution in [-0.4, -0.2) is 55.3 Å². The summed E-state index contributed by atoms with van der Waals surface area (Å²) < 4.78 is 38.3. The molecule has 3 aromatic heterocycles. The second-order valence-corrected chi connectivity index (χ2v) is 12.0. The van der Waals surface area contributed by atoms with Gasteiger partial charge in [-0.3, -0.25) is 14.7 Å². The van der Waals surface area contributed by atoms with Crippen LogP contribution in [0, 0.1) is 5.92 Å². The van der Waals surface area contributed by atoms with E-state index in [0.29, 0.717) is 47.6 Å². The molecule has 5 rings (SSSR count). The van der Waals surface area contributed by atoms with Gasteiger partial charge in [0, 0.05) is 30.6 Å². The Kier molecular flexibility index (Phi) is 7.66. The molecule has 0 bridgehead atoms. The van der Waals surface area contributed by atoms with Crippen LogP contribution in [0.15, 0.2) is 12.4 Å². The number of rotatable bonds is 9. The molecule has 3 aromatic rings. The fraction of sp³-hybridized carbons (Fsp3) is 0.560. The molecule has 0 spiro atoms. The zero-order valence-electron chi connectivity index (χ0n) is 22.7. The second-order valence-electron chi connectivity index (χ2n) is 10.9. The number of aromatic nitrogens is 5. The molecule has 3 heterocycles. The predicted molar refractivity (Wildman–Crippen MR) is 143 cm³/mol. The second kappa shape index (κ2) is 11.0. The Morgan fingerprint density at radius 3 is 2.73 bits per heavy atom. The third kappa shape index (κ3) is 6.51.